The summed E-state index contributed by atoms with van der Waals surface area (Å²) in [4.78, 5) is 9.33. The molecule has 2 nitrogen and oxygen atoms in total. The zero-order valence-corrected chi connectivity index (χ0v) is 2.02. The van der Waals surface area contributed by atoms with Crippen LogP contribution in [0, 0.1) is 0 Å². The van der Waals surface area contributed by atoms with E-state index < -0.39 is 0 Å². The molecule has 0 amide bonds. The maximum atomic E-state index is 9.33. The van der Waals surface area contributed by atoms with Crippen molar-refractivity contribution >= 4 is 5.97 Å². The predicted molar refractivity (Wildman–Crippen MR) is 11.0 cm³/mol. The highest BCUT2D eigenvalue weighted by Gasteiger charge is 2.15. The molecule has 1 aliphatic rings. The zero-order chi connectivity index (χ0) is 2.99. The molecule has 0 aromatic heterocycles. The summed E-state index contributed by atoms with van der Waals surface area (Å²) in [6, 6.07) is 0. The van der Waals surface area contributed by atoms with Gasteiger partial charge < -0.3 is 4.74 Å². The summed E-state index contributed by atoms with van der Waals surface area (Å²) in [6.45, 7) is 0.347. The van der Waals surface area contributed by atoms with Gasteiger partial charge in [-0.3, -0.25) is 0 Å². The molecule has 1 rings (SSSR count). The van der Waals surface area contributed by atoms with E-state index >= 15 is 0 Å². The Kier molecular flexibility index (Phi) is 0.117. The highest BCUT2D eigenvalue weighted by molar-refractivity contribution is 5.82. The zero-order valence-electron chi connectivity index (χ0n) is 2.02. The van der Waals surface area contributed by atoms with Gasteiger partial charge in [-0.25, -0.2) is 4.79 Å². The van der Waals surface area contributed by atoms with Crippen LogP contribution in [0.2, 0.25) is 0 Å². The van der Waals surface area contributed by atoms with Gasteiger partial charge in [0, 0.05) is 0 Å². The Balaban J connectivity index is 2.60. The summed E-state index contributed by atoms with van der Waals surface area (Å²) in [5, 5.41) is 0. The molecular formula is C2H2O2. The number of epoxide rings is 1. The maximum Gasteiger partial charge on any atom is 0.344 e. The van der Waals surface area contributed by atoms with E-state index in [2.05, 4.69) is 4.74 Å². The second kappa shape index (κ2) is 0.267. The standard InChI is InChI=1S/C2H2O2/c3-2-1-4-2/h1H2. The average molecular weight is 58.0 g/mol. The fourth-order valence-corrected chi connectivity index (χ4v) is 0.0295. The maximum absolute atomic E-state index is 9.33. The third kappa shape index (κ3) is 0.0532. The summed E-state index contributed by atoms with van der Waals surface area (Å²) >= 11 is 0. The lowest BCUT2D eigenvalue weighted by Gasteiger charge is -1.32. The normalized spacial score (nSPS) is 19.5. The van der Waals surface area contributed by atoms with Gasteiger partial charge in [-0.2, -0.15) is 0 Å². The molecule has 4 heavy (non-hydrogen) atoms. The summed E-state index contributed by atoms with van der Waals surface area (Å²) in [6.07, 6.45) is 0. The van der Waals surface area contributed by atoms with Crippen molar-refractivity contribution in [3.05, 3.63) is 0 Å². The van der Waals surface area contributed by atoms with Crippen molar-refractivity contribution in [2.45, 2.75) is 0 Å². The quantitative estimate of drug-likeness (QED) is 0.353. The van der Waals surface area contributed by atoms with Crippen LogP contribution in [0.25, 0.3) is 0 Å². The van der Waals surface area contributed by atoms with Crippen molar-refractivity contribution in [1.29, 1.82) is 0 Å². The molecule has 0 bridgehead atoms. The van der Waals surface area contributed by atoms with Crippen LogP contribution in [0.3, 0.4) is 0 Å². The summed E-state index contributed by atoms with van der Waals surface area (Å²) in [7, 11) is 0. The van der Waals surface area contributed by atoms with Crippen LogP contribution in [0.4, 0.5) is 0 Å². The third-order valence-corrected chi connectivity index (χ3v) is 0.262. The molecule has 1 saturated heterocycles. The fourth-order valence-electron chi connectivity index (χ4n) is 0.0295. The first-order valence-electron chi connectivity index (χ1n) is 1.05. The van der Waals surface area contributed by atoms with Crippen LogP contribution in [0.5, 0.6) is 0 Å². The number of ether oxygens (including phenoxy) is 1. The van der Waals surface area contributed by atoms with Crippen LogP contribution in [0.15, 0.2) is 0 Å². The van der Waals surface area contributed by atoms with Crippen molar-refractivity contribution in [3.8, 4) is 0 Å². The minimum Gasteiger partial charge on any atom is -0.451 e. The van der Waals surface area contributed by atoms with Crippen molar-refractivity contribution in [3.63, 3.8) is 0 Å². The Morgan fingerprint density at radius 1 is 2.00 bits per heavy atom. The molecule has 0 atom stereocenters. The SMILES string of the molecule is O=C1CO1. The number of rotatable bonds is 0. The van der Waals surface area contributed by atoms with E-state index in [1.165, 1.54) is 0 Å². The van der Waals surface area contributed by atoms with Gasteiger partial charge in [0.1, 0.15) is 0 Å². The van der Waals surface area contributed by atoms with Crippen molar-refractivity contribution in [2.75, 3.05) is 6.61 Å². The van der Waals surface area contributed by atoms with Crippen molar-refractivity contribution in [1.82, 2.24) is 0 Å². The Hall–Kier alpha value is -0.530. The van der Waals surface area contributed by atoms with E-state index in [9.17, 15) is 4.79 Å². The molecule has 2 heteroatoms. The number of carbonyl (C=O) groups is 1. The average Bonchev–Trinajstić information content (AvgIpc) is 1.75. The lowest BCUT2D eigenvalue weighted by atomic mass is 11.0. The molecular weight excluding hydrogens is 56.0 g/mol. The third-order valence-electron chi connectivity index (χ3n) is 0.262. The van der Waals surface area contributed by atoms with Crippen LogP contribution in [0.1, 0.15) is 0 Å². The first kappa shape index (κ1) is 1.76. The topological polar surface area (TPSA) is 29.6 Å². The van der Waals surface area contributed by atoms with Gasteiger partial charge in [0.25, 0.3) is 0 Å². The van der Waals surface area contributed by atoms with Crippen molar-refractivity contribution < 1.29 is 9.53 Å². The van der Waals surface area contributed by atoms with E-state index in [0.29, 0.717) is 6.61 Å². The monoisotopic (exact) mass is 58.0 g/mol. The molecule has 1 aliphatic heterocycles. The van der Waals surface area contributed by atoms with Crippen LogP contribution in [-0.4, -0.2) is 12.6 Å². The first-order valence-corrected chi connectivity index (χ1v) is 1.05. The van der Waals surface area contributed by atoms with Gasteiger partial charge in [0.05, 0.1) is 0 Å². The smallest absolute Gasteiger partial charge is 0.344 e. The molecule has 0 saturated carbocycles. The molecule has 0 radical (unpaired) electrons. The van der Waals surface area contributed by atoms with Crippen LogP contribution in [-0.2, 0) is 9.53 Å². The fraction of sp³-hybridized carbons (Fsp3) is 0.500. The number of cyclic esters (lactones) is 1. The summed E-state index contributed by atoms with van der Waals surface area (Å²) < 4.78 is 4.07. The van der Waals surface area contributed by atoms with Gasteiger partial charge in [-0.1, -0.05) is 0 Å². The lowest BCUT2D eigenvalue weighted by molar-refractivity contribution is -0.117. The predicted octanol–water partition coefficient (Wildman–Crippen LogP) is -0.457. The van der Waals surface area contributed by atoms with E-state index in [1.54, 1.807) is 0 Å². The first-order chi connectivity index (χ1) is 1.89. The van der Waals surface area contributed by atoms with Crippen LogP contribution < -0.4 is 0 Å². The molecule has 1 heterocycles. The second-order valence-corrected chi connectivity index (χ2v) is 0.661. The highest BCUT2D eigenvalue weighted by Crippen LogP contribution is 1.90. The molecule has 0 spiro atoms. The molecule has 0 N–H and O–H groups in total. The van der Waals surface area contributed by atoms with Gasteiger partial charge in [0.15, 0.2) is 6.61 Å². The number of hydrogen-bond donors (Lipinski definition) is 0. The van der Waals surface area contributed by atoms with Gasteiger partial charge >= 0.3 is 5.97 Å². The Morgan fingerprint density at radius 2 is 2.25 bits per heavy atom. The van der Waals surface area contributed by atoms with Gasteiger partial charge in [-0.05, 0) is 0 Å². The minimum atomic E-state index is -0.0833. The molecule has 1 fully saturated rings. The number of carbonyl (C=O) groups excluding carboxylic acids is 1. The molecule has 22 valence electrons. The largest absolute Gasteiger partial charge is 0.451 e. The Bertz CT molecular complexity index is 42.0. The summed E-state index contributed by atoms with van der Waals surface area (Å²) in [5.41, 5.74) is 0. The molecule has 0 aliphatic carbocycles. The van der Waals surface area contributed by atoms with Crippen LogP contribution >= 0.6 is 0 Å². The highest BCUT2D eigenvalue weighted by atomic mass is 16.6. The summed E-state index contributed by atoms with van der Waals surface area (Å²) in [5.74, 6) is -0.0833. The lowest BCUT2D eigenvalue weighted by Crippen LogP contribution is -1.50. The van der Waals surface area contributed by atoms with Gasteiger partial charge in [0.2, 0.25) is 0 Å². The molecule has 0 unspecified atom stereocenters. The minimum absolute atomic E-state index is 0.0833. The molecule has 0 aromatic rings. The van der Waals surface area contributed by atoms with E-state index in [-0.39, 0.29) is 5.97 Å². The van der Waals surface area contributed by atoms with E-state index in [0.717, 1.165) is 0 Å². The molecule has 0 aromatic carbocycles. The Morgan fingerprint density at radius 3 is 2.25 bits per heavy atom. The van der Waals surface area contributed by atoms with E-state index in [1.807, 2.05) is 0 Å². The van der Waals surface area contributed by atoms with E-state index in [4.69, 9.17) is 0 Å². The van der Waals surface area contributed by atoms with Crippen molar-refractivity contribution in [2.24, 2.45) is 0 Å². The van der Waals surface area contributed by atoms with Gasteiger partial charge in [-0.15, -0.1) is 0 Å². The second-order valence-electron chi connectivity index (χ2n) is 0.661. The number of hydrogen-bond acceptors (Lipinski definition) is 2. The Labute approximate surface area is 23.4 Å².